The molecule has 0 radical (unpaired) electrons. The zero-order valence-corrected chi connectivity index (χ0v) is 9.90. The highest BCUT2D eigenvalue weighted by atomic mass is 16.5. The second-order valence-electron chi connectivity index (χ2n) is 4.30. The second-order valence-corrected chi connectivity index (χ2v) is 4.30. The Balaban J connectivity index is 2.15. The lowest BCUT2D eigenvalue weighted by molar-refractivity contribution is 0.0930. The summed E-state index contributed by atoms with van der Waals surface area (Å²) in [5, 5.41) is 8.51. The summed E-state index contributed by atoms with van der Waals surface area (Å²) < 4.78 is 5.27. The van der Waals surface area contributed by atoms with Crippen LogP contribution in [0.1, 0.15) is 35.2 Å². The number of fused-ring (bicyclic) bond motifs is 1. The molecule has 0 fully saturated rings. The van der Waals surface area contributed by atoms with Crippen LogP contribution in [0.15, 0.2) is 18.2 Å². The van der Waals surface area contributed by atoms with Gasteiger partial charge in [-0.25, -0.2) is 0 Å². The average Bonchev–Trinajstić information content (AvgIpc) is 2.67. The molecular weight excluding hydrogens is 214 g/mol. The number of benzene rings is 1. The van der Waals surface area contributed by atoms with Crippen molar-refractivity contribution in [1.29, 1.82) is 5.26 Å². The van der Waals surface area contributed by atoms with Gasteiger partial charge in [-0.1, -0.05) is 12.1 Å². The van der Waals surface area contributed by atoms with E-state index in [0.717, 1.165) is 36.1 Å². The van der Waals surface area contributed by atoms with Gasteiger partial charge < -0.3 is 4.74 Å². The Morgan fingerprint density at radius 2 is 2.35 bits per heavy atom. The molecule has 1 aromatic rings. The number of carbonyl (C=O) groups excluding carboxylic acids is 1. The van der Waals surface area contributed by atoms with E-state index in [4.69, 9.17) is 10.00 Å². The van der Waals surface area contributed by atoms with Crippen LogP contribution in [0.4, 0.5) is 0 Å². The minimum Gasteiger partial charge on any atom is -0.496 e. The number of methoxy groups -OCH3 is 1. The van der Waals surface area contributed by atoms with E-state index in [9.17, 15) is 4.79 Å². The number of carbonyl (C=O) groups is 1. The summed E-state index contributed by atoms with van der Waals surface area (Å²) in [6.07, 6.45) is 2.87. The number of ether oxygens (including phenoxy) is 1. The van der Waals surface area contributed by atoms with Crippen LogP contribution in [0, 0.1) is 17.2 Å². The first-order chi connectivity index (χ1) is 8.27. The molecule has 0 amide bonds. The van der Waals surface area contributed by atoms with E-state index in [1.807, 2.05) is 18.2 Å². The number of nitriles is 1. The summed E-state index contributed by atoms with van der Waals surface area (Å²) in [5.41, 5.74) is 1.83. The predicted molar refractivity (Wildman–Crippen MR) is 64.0 cm³/mol. The Morgan fingerprint density at radius 3 is 3.06 bits per heavy atom. The van der Waals surface area contributed by atoms with Gasteiger partial charge in [-0.3, -0.25) is 4.79 Å². The largest absolute Gasteiger partial charge is 0.496 e. The fourth-order valence-corrected chi connectivity index (χ4v) is 2.42. The Labute approximate surface area is 101 Å². The van der Waals surface area contributed by atoms with Gasteiger partial charge in [0.1, 0.15) is 5.75 Å². The number of unbranched alkanes of at least 4 members (excludes halogenated alkanes) is 1. The first-order valence-electron chi connectivity index (χ1n) is 5.85. The monoisotopic (exact) mass is 229 g/mol. The SMILES string of the molecule is COc1cccc2c1CC(CCCC#N)C2=O. The Hall–Kier alpha value is -1.82. The van der Waals surface area contributed by atoms with Gasteiger partial charge in [-0.15, -0.1) is 0 Å². The van der Waals surface area contributed by atoms with Crippen molar-refractivity contribution in [1.82, 2.24) is 0 Å². The van der Waals surface area contributed by atoms with Crippen LogP contribution in [0.25, 0.3) is 0 Å². The van der Waals surface area contributed by atoms with E-state index in [0.29, 0.717) is 6.42 Å². The summed E-state index contributed by atoms with van der Waals surface area (Å²) in [5.74, 6) is 1.05. The maximum atomic E-state index is 12.1. The van der Waals surface area contributed by atoms with Crippen molar-refractivity contribution >= 4 is 5.78 Å². The summed E-state index contributed by atoms with van der Waals surface area (Å²) in [7, 11) is 1.63. The van der Waals surface area contributed by atoms with Crippen molar-refractivity contribution in [3.63, 3.8) is 0 Å². The molecule has 3 nitrogen and oxygen atoms in total. The van der Waals surface area contributed by atoms with Gasteiger partial charge >= 0.3 is 0 Å². The van der Waals surface area contributed by atoms with E-state index in [-0.39, 0.29) is 11.7 Å². The standard InChI is InChI=1S/C14H15NO2/c1-17-13-7-4-6-11-12(13)9-10(14(11)16)5-2-3-8-15/h4,6-7,10H,2-3,5,9H2,1H3. The molecule has 0 heterocycles. The van der Waals surface area contributed by atoms with Crippen molar-refractivity contribution < 1.29 is 9.53 Å². The Morgan fingerprint density at radius 1 is 1.53 bits per heavy atom. The van der Waals surface area contributed by atoms with Gasteiger partial charge in [0, 0.05) is 23.5 Å². The number of hydrogen-bond donors (Lipinski definition) is 0. The predicted octanol–water partition coefficient (Wildman–Crippen LogP) is 2.74. The van der Waals surface area contributed by atoms with Crippen LogP contribution < -0.4 is 4.74 Å². The van der Waals surface area contributed by atoms with Gasteiger partial charge in [-0.2, -0.15) is 5.26 Å². The number of Topliss-reactive ketones (excluding diaryl/α,β-unsaturated/α-hetero) is 1. The van der Waals surface area contributed by atoms with Crippen LogP contribution >= 0.6 is 0 Å². The third kappa shape index (κ3) is 2.16. The van der Waals surface area contributed by atoms with Crippen LogP contribution in [0.3, 0.4) is 0 Å². The number of ketones is 1. The normalized spacial score (nSPS) is 17.6. The summed E-state index contributed by atoms with van der Waals surface area (Å²) in [6.45, 7) is 0. The summed E-state index contributed by atoms with van der Waals surface area (Å²) in [6, 6.07) is 7.73. The molecular formula is C14H15NO2. The quantitative estimate of drug-likeness (QED) is 0.746. The molecule has 1 unspecified atom stereocenters. The first-order valence-corrected chi connectivity index (χ1v) is 5.85. The second kappa shape index (κ2) is 5.01. The molecule has 88 valence electrons. The highest BCUT2D eigenvalue weighted by molar-refractivity contribution is 6.02. The maximum Gasteiger partial charge on any atom is 0.166 e. The van der Waals surface area contributed by atoms with Crippen molar-refractivity contribution in [2.75, 3.05) is 7.11 Å². The topological polar surface area (TPSA) is 50.1 Å². The van der Waals surface area contributed by atoms with E-state index in [1.54, 1.807) is 7.11 Å². The molecule has 1 aliphatic carbocycles. The minimum absolute atomic E-state index is 0.0367. The fraction of sp³-hybridized carbons (Fsp3) is 0.429. The van der Waals surface area contributed by atoms with E-state index < -0.39 is 0 Å². The van der Waals surface area contributed by atoms with Crippen LogP contribution in [0.5, 0.6) is 5.75 Å². The molecule has 2 rings (SSSR count). The van der Waals surface area contributed by atoms with Crippen molar-refractivity contribution in [3.05, 3.63) is 29.3 Å². The van der Waals surface area contributed by atoms with Crippen molar-refractivity contribution in [3.8, 4) is 11.8 Å². The van der Waals surface area contributed by atoms with Crippen LogP contribution in [0.2, 0.25) is 0 Å². The van der Waals surface area contributed by atoms with Crippen LogP contribution in [-0.4, -0.2) is 12.9 Å². The first kappa shape index (κ1) is 11.7. The lowest BCUT2D eigenvalue weighted by Crippen LogP contribution is -2.08. The molecule has 17 heavy (non-hydrogen) atoms. The molecule has 1 atom stereocenters. The highest BCUT2D eigenvalue weighted by Crippen LogP contribution is 2.35. The van der Waals surface area contributed by atoms with Gasteiger partial charge in [0.2, 0.25) is 0 Å². The zero-order chi connectivity index (χ0) is 12.3. The molecule has 0 aliphatic heterocycles. The average molecular weight is 229 g/mol. The lowest BCUT2D eigenvalue weighted by Gasteiger charge is -2.06. The number of rotatable bonds is 4. The number of nitrogens with zero attached hydrogens (tertiary/aromatic N) is 1. The highest BCUT2D eigenvalue weighted by Gasteiger charge is 2.31. The fourth-order valence-electron chi connectivity index (χ4n) is 2.42. The molecule has 0 bridgehead atoms. The minimum atomic E-state index is 0.0367. The summed E-state index contributed by atoms with van der Waals surface area (Å²) in [4.78, 5) is 12.1. The van der Waals surface area contributed by atoms with Gasteiger partial charge in [-0.05, 0) is 25.3 Å². The van der Waals surface area contributed by atoms with Gasteiger partial charge in [0.15, 0.2) is 5.78 Å². The Kier molecular flexibility index (Phi) is 3.43. The van der Waals surface area contributed by atoms with E-state index in [2.05, 4.69) is 6.07 Å². The van der Waals surface area contributed by atoms with Crippen LogP contribution in [-0.2, 0) is 6.42 Å². The summed E-state index contributed by atoms with van der Waals surface area (Å²) >= 11 is 0. The zero-order valence-electron chi connectivity index (χ0n) is 9.90. The lowest BCUT2D eigenvalue weighted by atomic mass is 9.98. The van der Waals surface area contributed by atoms with E-state index in [1.165, 1.54) is 0 Å². The number of hydrogen-bond acceptors (Lipinski definition) is 3. The molecule has 3 heteroatoms. The Bertz CT molecular complexity index is 474. The van der Waals surface area contributed by atoms with Gasteiger partial charge in [0.25, 0.3) is 0 Å². The van der Waals surface area contributed by atoms with Crippen molar-refractivity contribution in [2.24, 2.45) is 5.92 Å². The molecule has 1 aromatic carbocycles. The molecule has 1 aliphatic rings. The van der Waals surface area contributed by atoms with Gasteiger partial charge in [0.05, 0.1) is 13.2 Å². The smallest absolute Gasteiger partial charge is 0.166 e. The third-order valence-corrected chi connectivity index (χ3v) is 3.28. The molecule has 0 saturated carbocycles. The van der Waals surface area contributed by atoms with E-state index >= 15 is 0 Å². The third-order valence-electron chi connectivity index (χ3n) is 3.28. The maximum absolute atomic E-state index is 12.1. The molecule has 0 saturated heterocycles. The van der Waals surface area contributed by atoms with Crippen molar-refractivity contribution in [2.45, 2.75) is 25.7 Å². The molecule has 0 aromatic heterocycles. The molecule has 0 spiro atoms. The molecule has 0 N–H and O–H groups in total.